The Labute approximate surface area is 89.2 Å². The molecule has 0 atom stereocenters. The topological polar surface area (TPSA) is 33.4 Å². The van der Waals surface area contributed by atoms with Crippen LogP contribution in [0.3, 0.4) is 0 Å². The molecule has 0 aliphatic rings. The van der Waals surface area contributed by atoms with Gasteiger partial charge in [0, 0.05) is 12.0 Å². The summed E-state index contributed by atoms with van der Waals surface area (Å²) in [4.78, 5) is 0. The number of aryl methyl sites for hydroxylation is 1. The highest BCUT2D eigenvalue weighted by molar-refractivity contribution is 5.57. The Hall–Kier alpha value is -1.54. The second kappa shape index (κ2) is 4.32. The van der Waals surface area contributed by atoms with Crippen LogP contribution in [0, 0.1) is 6.92 Å². The summed E-state index contributed by atoms with van der Waals surface area (Å²) >= 11 is 0. The molecule has 0 radical (unpaired) electrons. The highest BCUT2D eigenvalue weighted by Crippen LogP contribution is 2.22. The maximum Gasteiger partial charge on any atom is 0.134 e. The van der Waals surface area contributed by atoms with Gasteiger partial charge in [0.05, 0.1) is 6.61 Å². The van der Waals surface area contributed by atoms with E-state index in [1.807, 2.05) is 24.3 Å². The third-order valence-corrected chi connectivity index (χ3v) is 2.36. The van der Waals surface area contributed by atoms with Crippen molar-refractivity contribution in [3.8, 4) is 11.3 Å². The Morgan fingerprint density at radius 2 is 1.80 bits per heavy atom. The number of hydrogen-bond donors (Lipinski definition) is 1. The van der Waals surface area contributed by atoms with Gasteiger partial charge in [-0.3, -0.25) is 0 Å². The molecule has 2 nitrogen and oxygen atoms in total. The Morgan fingerprint density at radius 1 is 1.07 bits per heavy atom. The summed E-state index contributed by atoms with van der Waals surface area (Å²) in [5, 5.41) is 8.78. The average Bonchev–Trinajstić information content (AvgIpc) is 2.68. The number of rotatable bonds is 3. The van der Waals surface area contributed by atoms with Crippen molar-refractivity contribution in [2.24, 2.45) is 0 Å². The highest BCUT2D eigenvalue weighted by atomic mass is 16.3. The van der Waals surface area contributed by atoms with Crippen LogP contribution in [-0.2, 0) is 6.42 Å². The predicted molar refractivity (Wildman–Crippen MR) is 59.7 cm³/mol. The molecule has 2 aromatic rings. The molecule has 0 unspecified atom stereocenters. The second-order valence-corrected chi connectivity index (χ2v) is 3.61. The van der Waals surface area contributed by atoms with Gasteiger partial charge in [0.1, 0.15) is 11.5 Å². The van der Waals surface area contributed by atoms with Crippen molar-refractivity contribution >= 4 is 0 Å². The molecule has 78 valence electrons. The second-order valence-electron chi connectivity index (χ2n) is 3.61. The Balaban J connectivity index is 2.25. The number of aliphatic hydroxyl groups is 1. The van der Waals surface area contributed by atoms with Gasteiger partial charge in [-0.2, -0.15) is 0 Å². The largest absolute Gasteiger partial charge is 0.461 e. The minimum atomic E-state index is 0.126. The summed E-state index contributed by atoms with van der Waals surface area (Å²) in [6.45, 7) is 2.18. The molecule has 1 aromatic carbocycles. The first-order chi connectivity index (χ1) is 7.29. The third-order valence-electron chi connectivity index (χ3n) is 2.36. The molecule has 1 heterocycles. The van der Waals surface area contributed by atoms with Gasteiger partial charge in [0.25, 0.3) is 0 Å². The normalized spacial score (nSPS) is 10.5. The number of hydrogen-bond acceptors (Lipinski definition) is 2. The summed E-state index contributed by atoms with van der Waals surface area (Å²) in [6, 6.07) is 12.0. The first kappa shape index (κ1) is 9.99. The molecule has 0 aliphatic heterocycles. The molecule has 1 N–H and O–H groups in total. The van der Waals surface area contributed by atoms with Crippen LogP contribution in [-0.4, -0.2) is 11.7 Å². The van der Waals surface area contributed by atoms with Gasteiger partial charge in [-0.15, -0.1) is 0 Å². The van der Waals surface area contributed by atoms with Crippen molar-refractivity contribution in [1.82, 2.24) is 0 Å². The highest BCUT2D eigenvalue weighted by Gasteiger charge is 2.03. The molecule has 2 rings (SSSR count). The summed E-state index contributed by atoms with van der Waals surface area (Å²) < 4.78 is 5.59. The predicted octanol–water partition coefficient (Wildman–Crippen LogP) is 2.79. The fraction of sp³-hybridized carbons (Fsp3) is 0.231. The van der Waals surface area contributed by atoms with Crippen molar-refractivity contribution < 1.29 is 9.52 Å². The van der Waals surface area contributed by atoms with Gasteiger partial charge in [-0.25, -0.2) is 0 Å². The van der Waals surface area contributed by atoms with Gasteiger partial charge >= 0.3 is 0 Å². The van der Waals surface area contributed by atoms with Crippen LogP contribution >= 0.6 is 0 Å². The zero-order valence-corrected chi connectivity index (χ0v) is 8.73. The van der Waals surface area contributed by atoms with Gasteiger partial charge in [0.15, 0.2) is 0 Å². The molecule has 1 aromatic heterocycles. The lowest BCUT2D eigenvalue weighted by Gasteiger charge is -1.97. The molecular weight excluding hydrogens is 188 g/mol. The maximum absolute atomic E-state index is 8.78. The van der Waals surface area contributed by atoms with Gasteiger partial charge in [-0.05, 0) is 19.1 Å². The van der Waals surface area contributed by atoms with Crippen LogP contribution in [0.1, 0.15) is 11.3 Å². The summed E-state index contributed by atoms with van der Waals surface area (Å²) in [5.41, 5.74) is 2.31. The van der Waals surface area contributed by atoms with Crippen molar-refractivity contribution in [3.63, 3.8) is 0 Å². The fourth-order valence-electron chi connectivity index (χ4n) is 1.50. The molecule has 0 amide bonds. The van der Waals surface area contributed by atoms with E-state index in [4.69, 9.17) is 9.52 Å². The van der Waals surface area contributed by atoms with E-state index >= 15 is 0 Å². The third kappa shape index (κ3) is 2.28. The average molecular weight is 202 g/mol. The standard InChI is InChI=1S/C13H14O2/c1-10-2-4-11(5-3-10)13-7-6-12(15-13)8-9-14/h2-7,14H,8-9H2,1H3. The Bertz CT molecular complexity index is 426. The number of furan rings is 1. The SMILES string of the molecule is Cc1ccc(-c2ccc(CCO)o2)cc1. The van der Waals surface area contributed by atoms with E-state index in [1.165, 1.54) is 5.56 Å². The lowest BCUT2D eigenvalue weighted by molar-refractivity contribution is 0.288. The quantitative estimate of drug-likeness (QED) is 0.830. The van der Waals surface area contributed by atoms with Crippen LogP contribution in [0.15, 0.2) is 40.8 Å². The molecule has 0 saturated carbocycles. The first-order valence-corrected chi connectivity index (χ1v) is 5.06. The van der Waals surface area contributed by atoms with E-state index in [1.54, 1.807) is 0 Å². The minimum absolute atomic E-state index is 0.126. The summed E-state index contributed by atoms with van der Waals surface area (Å²) in [6.07, 6.45) is 0.575. The zero-order valence-electron chi connectivity index (χ0n) is 8.73. The van der Waals surface area contributed by atoms with E-state index in [9.17, 15) is 0 Å². The van der Waals surface area contributed by atoms with Gasteiger partial charge in [0.2, 0.25) is 0 Å². The van der Waals surface area contributed by atoms with E-state index in [2.05, 4.69) is 19.1 Å². The van der Waals surface area contributed by atoms with Crippen LogP contribution in [0.4, 0.5) is 0 Å². The molecule has 0 spiro atoms. The zero-order chi connectivity index (χ0) is 10.7. The molecule has 0 bridgehead atoms. The van der Waals surface area contributed by atoms with Crippen LogP contribution in [0.25, 0.3) is 11.3 Å². The Kier molecular flexibility index (Phi) is 2.88. The van der Waals surface area contributed by atoms with Crippen molar-refractivity contribution in [3.05, 3.63) is 47.7 Å². The van der Waals surface area contributed by atoms with Crippen molar-refractivity contribution in [1.29, 1.82) is 0 Å². The van der Waals surface area contributed by atoms with E-state index < -0.39 is 0 Å². The van der Waals surface area contributed by atoms with Crippen molar-refractivity contribution in [2.75, 3.05) is 6.61 Å². The summed E-state index contributed by atoms with van der Waals surface area (Å²) in [5.74, 6) is 1.69. The molecule has 0 aliphatic carbocycles. The molecule has 0 saturated heterocycles. The van der Waals surface area contributed by atoms with E-state index in [-0.39, 0.29) is 6.61 Å². The minimum Gasteiger partial charge on any atom is -0.461 e. The lowest BCUT2D eigenvalue weighted by atomic mass is 10.1. The molecule has 2 heteroatoms. The number of aliphatic hydroxyl groups excluding tert-OH is 1. The monoisotopic (exact) mass is 202 g/mol. The van der Waals surface area contributed by atoms with Crippen LogP contribution in [0.5, 0.6) is 0 Å². The number of benzene rings is 1. The van der Waals surface area contributed by atoms with Gasteiger partial charge < -0.3 is 9.52 Å². The molecular formula is C13H14O2. The lowest BCUT2D eigenvalue weighted by Crippen LogP contribution is -1.86. The fourth-order valence-corrected chi connectivity index (χ4v) is 1.50. The van der Waals surface area contributed by atoms with Gasteiger partial charge in [-0.1, -0.05) is 29.8 Å². The van der Waals surface area contributed by atoms with Crippen LogP contribution in [0.2, 0.25) is 0 Å². The van der Waals surface area contributed by atoms with Crippen LogP contribution < -0.4 is 0 Å². The first-order valence-electron chi connectivity index (χ1n) is 5.06. The van der Waals surface area contributed by atoms with E-state index in [0.29, 0.717) is 6.42 Å². The molecule has 0 fully saturated rings. The summed E-state index contributed by atoms with van der Waals surface area (Å²) in [7, 11) is 0. The molecule has 15 heavy (non-hydrogen) atoms. The maximum atomic E-state index is 8.78. The van der Waals surface area contributed by atoms with E-state index in [0.717, 1.165) is 17.1 Å². The van der Waals surface area contributed by atoms with Crippen molar-refractivity contribution in [2.45, 2.75) is 13.3 Å². The smallest absolute Gasteiger partial charge is 0.134 e. The Morgan fingerprint density at radius 3 is 2.47 bits per heavy atom.